The number of hydrogen-bond acceptors (Lipinski definition) is 5. The number of carbonyl (C=O) groups is 1. The normalized spacial score (nSPS) is 10.7. The van der Waals surface area contributed by atoms with Gasteiger partial charge in [0.2, 0.25) is 0 Å². The van der Waals surface area contributed by atoms with Crippen LogP contribution in [0.25, 0.3) is 17.0 Å². The Kier molecular flexibility index (Phi) is 2.23. The topological polar surface area (TPSA) is 93.8 Å². The van der Waals surface area contributed by atoms with Gasteiger partial charge < -0.3 is 5.11 Å². The molecule has 0 aliphatic carbocycles. The van der Waals surface area contributed by atoms with E-state index in [0.717, 1.165) is 0 Å². The molecule has 7 heteroatoms. The van der Waals surface area contributed by atoms with E-state index in [4.69, 9.17) is 5.11 Å². The van der Waals surface area contributed by atoms with Gasteiger partial charge in [-0.3, -0.25) is 0 Å². The van der Waals surface area contributed by atoms with Crippen LogP contribution in [0.5, 0.6) is 0 Å². The molecule has 0 aliphatic rings. The number of benzene rings is 1. The molecule has 1 N–H and O–H groups in total. The lowest BCUT2D eigenvalue weighted by atomic mass is 10.3. The van der Waals surface area contributed by atoms with E-state index in [-0.39, 0.29) is 11.6 Å². The molecule has 0 amide bonds. The van der Waals surface area contributed by atoms with Crippen molar-refractivity contribution in [1.82, 2.24) is 25.0 Å². The van der Waals surface area contributed by atoms with Gasteiger partial charge in [0, 0.05) is 6.20 Å². The van der Waals surface area contributed by atoms with E-state index in [0.29, 0.717) is 11.0 Å². The van der Waals surface area contributed by atoms with Crippen molar-refractivity contribution in [1.29, 1.82) is 0 Å². The van der Waals surface area contributed by atoms with E-state index in [1.54, 1.807) is 12.1 Å². The Balaban J connectivity index is 2.10. The summed E-state index contributed by atoms with van der Waals surface area (Å²) >= 11 is 0. The summed E-state index contributed by atoms with van der Waals surface area (Å²) < 4.78 is 1.28. The minimum Gasteiger partial charge on any atom is -0.476 e. The van der Waals surface area contributed by atoms with Crippen molar-refractivity contribution >= 4 is 17.0 Å². The second-order valence-electron chi connectivity index (χ2n) is 3.55. The molecule has 0 saturated heterocycles. The average molecular weight is 241 g/mol. The number of aromatic carboxylic acids is 1. The van der Waals surface area contributed by atoms with Crippen LogP contribution in [0.4, 0.5) is 0 Å². The lowest BCUT2D eigenvalue weighted by Gasteiger charge is -1.99. The zero-order valence-corrected chi connectivity index (χ0v) is 9.06. The SMILES string of the molecule is O=C(O)c1ccn(-c2nnc3ccccc3n2)n1. The Morgan fingerprint density at radius 2 is 1.89 bits per heavy atom. The van der Waals surface area contributed by atoms with Gasteiger partial charge in [-0.15, -0.1) is 10.2 Å². The maximum Gasteiger partial charge on any atom is 0.356 e. The van der Waals surface area contributed by atoms with Crippen molar-refractivity contribution in [2.24, 2.45) is 0 Å². The smallest absolute Gasteiger partial charge is 0.356 e. The predicted octanol–water partition coefficient (Wildman–Crippen LogP) is 0.909. The quantitative estimate of drug-likeness (QED) is 0.716. The van der Waals surface area contributed by atoms with Gasteiger partial charge in [0.05, 0.1) is 5.52 Å². The minimum absolute atomic E-state index is 0.0632. The highest BCUT2D eigenvalue weighted by Crippen LogP contribution is 2.09. The van der Waals surface area contributed by atoms with Crippen LogP contribution in [0.1, 0.15) is 10.5 Å². The summed E-state index contributed by atoms with van der Waals surface area (Å²) in [5.41, 5.74) is 1.29. The molecule has 88 valence electrons. The van der Waals surface area contributed by atoms with Crippen LogP contribution in [0, 0.1) is 0 Å². The fraction of sp³-hybridized carbons (Fsp3) is 0. The van der Waals surface area contributed by atoms with Gasteiger partial charge in [0.25, 0.3) is 5.95 Å². The van der Waals surface area contributed by atoms with Gasteiger partial charge in [-0.05, 0) is 18.2 Å². The zero-order valence-electron chi connectivity index (χ0n) is 9.06. The number of carboxylic acids is 1. The highest BCUT2D eigenvalue weighted by molar-refractivity contribution is 5.85. The molecule has 0 radical (unpaired) electrons. The molecule has 2 heterocycles. The largest absolute Gasteiger partial charge is 0.476 e. The molecule has 0 fully saturated rings. The van der Waals surface area contributed by atoms with Crippen molar-refractivity contribution in [2.45, 2.75) is 0 Å². The first-order valence-corrected chi connectivity index (χ1v) is 5.13. The van der Waals surface area contributed by atoms with Gasteiger partial charge in [0.1, 0.15) is 5.52 Å². The number of para-hydroxylation sites is 1. The van der Waals surface area contributed by atoms with Crippen LogP contribution < -0.4 is 0 Å². The Labute approximate surface area is 101 Å². The Bertz CT molecular complexity index is 737. The number of rotatable bonds is 2. The summed E-state index contributed by atoms with van der Waals surface area (Å²) in [4.78, 5) is 15.0. The third kappa shape index (κ3) is 1.67. The predicted molar refractivity (Wildman–Crippen MR) is 61.4 cm³/mol. The van der Waals surface area contributed by atoms with Gasteiger partial charge in [0.15, 0.2) is 5.69 Å². The highest BCUT2D eigenvalue weighted by Gasteiger charge is 2.10. The molecule has 0 unspecified atom stereocenters. The third-order valence-corrected chi connectivity index (χ3v) is 2.36. The van der Waals surface area contributed by atoms with E-state index in [9.17, 15) is 4.79 Å². The third-order valence-electron chi connectivity index (χ3n) is 2.36. The standard InChI is InChI=1S/C11H7N5O2/c17-10(18)9-5-6-16(15-9)11-12-7-3-1-2-4-8(7)13-14-11/h1-6H,(H,17,18). The number of aromatic nitrogens is 5. The fourth-order valence-electron chi connectivity index (χ4n) is 1.52. The number of carboxylic acid groups (broad SMARTS) is 1. The number of nitrogens with zero attached hydrogens (tertiary/aromatic N) is 5. The van der Waals surface area contributed by atoms with Gasteiger partial charge in [-0.25, -0.2) is 14.5 Å². The molecule has 3 rings (SSSR count). The van der Waals surface area contributed by atoms with Crippen molar-refractivity contribution in [2.75, 3.05) is 0 Å². The molecule has 0 spiro atoms. The van der Waals surface area contributed by atoms with Crippen LogP contribution >= 0.6 is 0 Å². The lowest BCUT2D eigenvalue weighted by molar-refractivity contribution is 0.0690. The maximum absolute atomic E-state index is 10.7. The molecule has 0 atom stereocenters. The van der Waals surface area contributed by atoms with E-state index in [1.165, 1.54) is 16.9 Å². The molecule has 18 heavy (non-hydrogen) atoms. The van der Waals surface area contributed by atoms with Crippen LogP contribution in [0.15, 0.2) is 36.5 Å². The first kappa shape index (κ1) is 10.3. The second kappa shape index (κ2) is 3.88. The molecule has 0 bridgehead atoms. The molecule has 3 aromatic rings. The molecule has 2 aromatic heterocycles. The number of hydrogen-bond donors (Lipinski definition) is 1. The minimum atomic E-state index is -1.09. The van der Waals surface area contributed by atoms with Crippen LogP contribution in [0.2, 0.25) is 0 Å². The van der Waals surface area contributed by atoms with Crippen molar-refractivity contribution < 1.29 is 9.90 Å². The maximum atomic E-state index is 10.7. The van der Waals surface area contributed by atoms with E-state index >= 15 is 0 Å². The summed E-state index contributed by atoms with van der Waals surface area (Å²) in [6.07, 6.45) is 1.48. The molecule has 1 aromatic carbocycles. The van der Waals surface area contributed by atoms with E-state index in [2.05, 4.69) is 20.3 Å². The van der Waals surface area contributed by atoms with E-state index in [1.807, 2.05) is 12.1 Å². The summed E-state index contributed by atoms with van der Waals surface area (Å²) in [7, 11) is 0. The van der Waals surface area contributed by atoms with Crippen molar-refractivity contribution in [3.63, 3.8) is 0 Å². The first-order chi connectivity index (χ1) is 8.74. The van der Waals surface area contributed by atoms with Crippen LogP contribution in [-0.4, -0.2) is 36.0 Å². The monoisotopic (exact) mass is 241 g/mol. The van der Waals surface area contributed by atoms with Crippen LogP contribution in [0.3, 0.4) is 0 Å². The van der Waals surface area contributed by atoms with Gasteiger partial charge in [-0.1, -0.05) is 12.1 Å². The molecule has 0 aliphatic heterocycles. The Morgan fingerprint density at radius 1 is 1.11 bits per heavy atom. The second-order valence-corrected chi connectivity index (χ2v) is 3.55. The van der Waals surface area contributed by atoms with Gasteiger partial charge in [-0.2, -0.15) is 5.10 Å². The molecule has 0 saturated carbocycles. The van der Waals surface area contributed by atoms with Gasteiger partial charge >= 0.3 is 5.97 Å². The summed E-state index contributed by atoms with van der Waals surface area (Å²) in [5, 5.41) is 20.5. The van der Waals surface area contributed by atoms with Crippen molar-refractivity contribution in [3.8, 4) is 5.95 Å². The fourth-order valence-corrected chi connectivity index (χ4v) is 1.52. The van der Waals surface area contributed by atoms with E-state index < -0.39 is 5.97 Å². The Hall–Kier alpha value is -2.83. The summed E-state index contributed by atoms with van der Waals surface area (Å²) in [5.74, 6) is -0.858. The number of fused-ring (bicyclic) bond motifs is 1. The highest BCUT2D eigenvalue weighted by atomic mass is 16.4. The molecular formula is C11H7N5O2. The molecule has 7 nitrogen and oxygen atoms in total. The average Bonchev–Trinajstić information content (AvgIpc) is 2.88. The summed E-state index contributed by atoms with van der Waals surface area (Å²) in [6.45, 7) is 0. The lowest BCUT2D eigenvalue weighted by Crippen LogP contribution is -2.05. The molecular weight excluding hydrogens is 234 g/mol. The Morgan fingerprint density at radius 3 is 2.61 bits per heavy atom. The van der Waals surface area contributed by atoms with Crippen LogP contribution in [-0.2, 0) is 0 Å². The summed E-state index contributed by atoms with van der Waals surface area (Å²) in [6, 6.07) is 8.66. The zero-order chi connectivity index (χ0) is 12.5. The first-order valence-electron chi connectivity index (χ1n) is 5.13. The van der Waals surface area contributed by atoms with Crippen molar-refractivity contribution in [3.05, 3.63) is 42.2 Å².